The van der Waals surface area contributed by atoms with Gasteiger partial charge in [-0.1, -0.05) is 0 Å². The molecule has 2 aliphatic rings. The Morgan fingerprint density at radius 1 is 1.22 bits per heavy atom. The van der Waals surface area contributed by atoms with Crippen LogP contribution in [0.25, 0.3) is 0 Å². The zero-order valence-corrected chi connectivity index (χ0v) is 4.74. The molecule has 0 aromatic heterocycles. The van der Waals surface area contributed by atoms with Crippen LogP contribution in [0.2, 0.25) is 0 Å². The SMILES string of the molecule is CC1(C2(C#N)N=N2)N=N1. The fourth-order valence-corrected chi connectivity index (χ4v) is 0.605. The van der Waals surface area contributed by atoms with Crippen LogP contribution in [-0.2, 0) is 0 Å². The van der Waals surface area contributed by atoms with E-state index in [0.29, 0.717) is 0 Å². The van der Waals surface area contributed by atoms with Crippen molar-refractivity contribution in [2.45, 2.75) is 18.2 Å². The number of hydrogen-bond acceptors (Lipinski definition) is 5. The lowest BCUT2D eigenvalue weighted by Crippen LogP contribution is -2.28. The lowest BCUT2D eigenvalue weighted by atomic mass is 10.1. The third-order valence-electron chi connectivity index (χ3n) is 1.52. The second-order valence-electron chi connectivity index (χ2n) is 2.20. The standard InChI is InChI=1S/C4H3N5/c1-3(6-7-3)4(2-5)8-9-4/h1H3. The molecule has 0 aromatic rings. The lowest BCUT2D eigenvalue weighted by molar-refractivity contribution is 0.540. The summed E-state index contributed by atoms with van der Waals surface area (Å²) in [5.74, 6) is 0. The summed E-state index contributed by atoms with van der Waals surface area (Å²) in [4.78, 5) is 0. The van der Waals surface area contributed by atoms with Gasteiger partial charge in [0.25, 0.3) is 0 Å². The molecule has 2 heterocycles. The maximum atomic E-state index is 8.47. The quantitative estimate of drug-likeness (QED) is 0.506. The van der Waals surface area contributed by atoms with Crippen LogP contribution in [0.5, 0.6) is 0 Å². The van der Waals surface area contributed by atoms with Crippen LogP contribution >= 0.6 is 0 Å². The van der Waals surface area contributed by atoms with Crippen LogP contribution in [0.1, 0.15) is 6.92 Å². The Morgan fingerprint density at radius 3 is 1.89 bits per heavy atom. The average Bonchev–Trinajstić information content (AvgIpc) is 2.61. The zero-order chi connectivity index (χ0) is 6.54. The van der Waals surface area contributed by atoms with Crippen LogP contribution in [0.3, 0.4) is 0 Å². The largest absolute Gasteiger partial charge is 0.322 e. The second kappa shape index (κ2) is 0.880. The summed E-state index contributed by atoms with van der Waals surface area (Å²) in [6.07, 6.45) is 0. The maximum absolute atomic E-state index is 8.47. The van der Waals surface area contributed by atoms with Crippen LogP contribution in [0.15, 0.2) is 20.5 Å². The van der Waals surface area contributed by atoms with Gasteiger partial charge < -0.3 is 0 Å². The smallest absolute Gasteiger partial charge is 0.193 e. The van der Waals surface area contributed by atoms with E-state index in [9.17, 15) is 0 Å². The van der Waals surface area contributed by atoms with Crippen molar-refractivity contribution >= 4 is 0 Å². The van der Waals surface area contributed by atoms with Gasteiger partial charge in [-0.2, -0.15) is 15.5 Å². The summed E-state index contributed by atoms with van der Waals surface area (Å²) >= 11 is 0. The minimum atomic E-state index is -0.938. The normalized spacial score (nSPS) is 29.3. The predicted molar refractivity (Wildman–Crippen MR) is 26.5 cm³/mol. The van der Waals surface area contributed by atoms with Gasteiger partial charge in [-0.25, -0.2) is 0 Å². The highest BCUT2D eigenvalue weighted by atomic mass is 15.6. The summed E-state index contributed by atoms with van der Waals surface area (Å²) in [6, 6.07) is 1.93. The molecule has 0 aromatic carbocycles. The fraction of sp³-hybridized carbons (Fsp3) is 0.750. The first-order valence-electron chi connectivity index (χ1n) is 2.52. The van der Waals surface area contributed by atoms with E-state index in [1.165, 1.54) is 0 Å². The number of nitrogens with zero attached hydrogens (tertiary/aromatic N) is 5. The van der Waals surface area contributed by atoms with Gasteiger partial charge in [-0.05, 0) is 6.92 Å². The lowest BCUT2D eigenvalue weighted by Gasteiger charge is -2.00. The highest BCUT2D eigenvalue weighted by Gasteiger charge is 2.65. The van der Waals surface area contributed by atoms with E-state index in [1.807, 2.05) is 6.07 Å². The van der Waals surface area contributed by atoms with Gasteiger partial charge in [-0.3, -0.25) is 0 Å². The summed E-state index contributed by atoms with van der Waals surface area (Å²) in [7, 11) is 0. The van der Waals surface area contributed by atoms with Gasteiger partial charge in [0.1, 0.15) is 6.07 Å². The van der Waals surface area contributed by atoms with Gasteiger partial charge in [0.2, 0.25) is 5.66 Å². The molecule has 2 rings (SSSR count). The molecule has 0 saturated heterocycles. The Hall–Kier alpha value is -1.31. The molecule has 0 aliphatic carbocycles. The van der Waals surface area contributed by atoms with Crippen molar-refractivity contribution in [1.82, 2.24) is 0 Å². The molecule has 0 unspecified atom stereocenters. The van der Waals surface area contributed by atoms with Crippen LogP contribution in [0.4, 0.5) is 0 Å². The Labute approximate surface area is 51.1 Å². The molecule has 0 N–H and O–H groups in total. The molecule has 2 aliphatic heterocycles. The van der Waals surface area contributed by atoms with Crippen molar-refractivity contribution in [3.05, 3.63) is 0 Å². The first kappa shape index (κ1) is 4.56. The molecule has 0 atom stereocenters. The Bertz CT molecular complexity index is 245. The monoisotopic (exact) mass is 121 g/mol. The Balaban J connectivity index is 2.25. The van der Waals surface area contributed by atoms with Gasteiger partial charge in [0.05, 0.1) is 0 Å². The average molecular weight is 121 g/mol. The second-order valence-corrected chi connectivity index (χ2v) is 2.20. The molecular formula is C4H3N5. The van der Waals surface area contributed by atoms with Gasteiger partial charge >= 0.3 is 5.66 Å². The third-order valence-corrected chi connectivity index (χ3v) is 1.52. The molecular weight excluding hydrogens is 118 g/mol. The Kier molecular flexibility index (Phi) is 0.446. The van der Waals surface area contributed by atoms with Crippen molar-refractivity contribution < 1.29 is 0 Å². The molecule has 0 fully saturated rings. The van der Waals surface area contributed by atoms with Crippen molar-refractivity contribution in [2.24, 2.45) is 20.5 Å². The third kappa shape index (κ3) is 0.344. The first-order valence-corrected chi connectivity index (χ1v) is 2.52. The summed E-state index contributed by atoms with van der Waals surface area (Å²) < 4.78 is 0. The minimum Gasteiger partial charge on any atom is -0.193 e. The summed E-state index contributed by atoms with van der Waals surface area (Å²) in [5, 5.41) is 22.9. The van der Waals surface area contributed by atoms with Crippen molar-refractivity contribution in [1.29, 1.82) is 5.26 Å². The van der Waals surface area contributed by atoms with Gasteiger partial charge in [-0.15, -0.1) is 10.2 Å². The molecule has 0 amide bonds. The van der Waals surface area contributed by atoms with E-state index in [4.69, 9.17) is 5.26 Å². The highest BCUT2D eigenvalue weighted by molar-refractivity contribution is 5.27. The van der Waals surface area contributed by atoms with Crippen LogP contribution < -0.4 is 0 Å². The fourth-order valence-electron chi connectivity index (χ4n) is 0.605. The molecule has 9 heavy (non-hydrogen) atoms. The molecule has 44 valence electrons. The number of hydrogen-bond donors (Lipinski definition) is 0. The van der Waals surface area contributed by atoms with Gasteiger partial charge in [0, 0.05) is 0 Å². The molecule has 0 bridgehead atoms. The van der Waals surface area contributed by atoms with E-state index >= 15 is 0 Å². The summed E-state index contributed by atoms with van der Waals surface area (Å²) in [6.45, 7) is 1.73. The first-order chi connectivity index (χ1) is 4.22. The van der Waals surface area contributed by atoms with E-state index in [2.05, 4.69) is 20.5 Å². The Morgan fingerprint density at radius 2 is 1.78 bits per heavy atom. The van der Waals surface area contributed by atoms with Crippen molar-refractivity contribution in [3.63, 3.8) is 0 Å². The van der Waals surface area contributed by atoms with Crippen molar-refractivity contribution in [2.75, 3.05) is 0 Å². The van der Waals surface area contributed by atoms with E-state index in [1.54, 1.807) is 6.92 Å². The molecule has 0 spiro atoms. The number of nitriles is 1. The topological polar surface area (TPSA) is 73.2 Å². The molecule has 0 radical (unpaired) electrons. The van der Waals surface area contributed by atoms with E-state index < -0.39 is 11.3 Å². The molecule has 5 nitrogen and oxygen atoms in total. The van der Waals surface area contributed by atoms with E-state index in [-0.39, 0.29) is 0 Å². The number of rotatable bonds is 1. The zero-order valence-electron chi connectivity index (χ0n) is 4.74. The maximum Gasteiger partial charge on any atom is 0.322 e. The van der Waals surface area contributed by atoms with E-state index in [0.717, 1.165) is 0 Å². The predicted octanol–water partition coefficient (Wildman–Crippen LogP) is 0.854. The highest BCUT2D eigenvalue weighted by Crippen LogP contribution is 2.48. The van der Waals surface area contributed by atoms with Crippen molar-refractivity contribution in [3.8, 4) is 6.07 Å². The van der Waals surface area contributed by atoms with Gasteiger partial charge in [0.15, 0.2) is 0 Å². The molecule has 5 heteroatoms. The van der Waals surface area contributed by atoms with Crippen LogP contribution in [-0.4, -0.2) is 11.3 Å². The summed E-state index contributed by atoms with van der Waals surface area (Å²) in [5.41, 5.74) is -1.57. The minimum absolute atomic E-state index is 0.637. The molecule has 0 saturated carbocycles. The van der Waals surface area contributed by atoms with Crippen LogP contribution in [0, 0.1) is 11.3 Å².